The predicted octanol–water partition coefficient (Wildman–Crippen LogP) is 1.24. The van der Waals surface area contributed by atoms with Crippen molar-refractivity contribution in [2.24, 2.45) is 7.05 Å². The highest BCUT2D eigenvalue weighted by Gasteiger charge is 2.37. The number of aromatic nitrogens is 1. The second kappa shape index (κ2) is 8.68. The molecule has 0 saturated carbocycles. The molecule has 2 saturated heterocycles. The topological polar surface area (TPSA) is 106 Å². The van der Waals surface area contributed by atoms with Crippen molar-refractivity contribution >= 4 is 28.7 Å². The number of benzene rings is 1. The first kappa shape index (κ1) is 21.3. The molecule has 2 aliphatic rings. The summed E-state index contributed by atoms with van der Waals surface area (Å²) in [6.45, 7) is 4.02. The number of carbonyl (C=O) groups is 3. The minimum absolute atomic E-state index is 0.000223. The number of hydrogen-bond acceptors (Lipinski definition) is 5. The highest BCUT2D eigenvalue weighted by molar-refractivity contribution is 6.01. The number of aryl methyl sites for hydroxylation is 1. The van der Waals surface area contributed by atoms with E-state index >= 15 is 0 Å². The van der Waals surface area contributed by atoms with Gasteiger partial charge in [0.05, 0.1) is 6.54 Å². The summed E-state index contributed by atoms with van der Waals surface area (Å²) >= 11 is 0. The molecule has 2 fully saturated rings. The van der Waals surface area contributed by atoms with Gasteiger partial charge in [0.25, 0.3) is 0 Å². The first-order valence-corrected chi connectivity index (χ1v) is 10.7. The third kappa shape index (κ3) is 4.03. The summed E-state index contributed by atoms with van der Waals surface area (Å²) in [5.74, 6) is -2.09. The molecule has 166 valence electrons. The van der Waals surface area contributed by atoms with Crippen molar-refractivity contribution in [3.8, 4) is 0 Å². The summed E-state index contributed by atoms with van der Waals surface area (Å²) in [4.78, 5) is 42.6. The van der Waals surface area contributed by atoms with Crippen LogP contribution in [0.3, 0.4) is 0 Å². The summed E-state index contributed by atoms with van der Waals surface area (Å²) in [5, 5.41) is 20.6. The van der Waals surface area contributed by atoms with Gasteiger partial charge in [0.15, 0.2) is 0 Å². The van der Waals surface area contributed by atoms with E-state index in [2.05, 4.69) is 4.90 Å². The average molecular weight is 428 g/mol. The van der Waals surface area contributed by atoms with E-state index in [1.165, 1.54) is 0 Å². The molecule has 1 aromatic heterocycles. The zero-order valence-electron chi connectivity index (χ0n) is 17.7. The second-order valence-corrected chi connectivity index (χ2v) is 8.28. The molecule has 4 rings (SSSR count). The Kier molecular flexibility index (Phi) is 5.97. The van der Waals surface area contributed by atoms with Crippen LogP contribution in [0.2, 0.25) is 0 Å². The van der Waals surface area contributed by atoms with Gasteiger partial charge in [0, 0.05) is 62.8 Å². The van der Waals surface area contributed by atoms with Crippen LogP contribution >= 0.6 is 0 Å². The number of carboxylic acid groups (broad SMARTS) is 2. The molecule has 1 aromatic carbocycles. The van der Waals surface area contributed by atoms with Crippen LogP contribution in [0.5, 0.6) is 0 Å². The van der Waals surface area contributed by atoms with E-state index < -0.39 is 18.0 Å². The summed E-state index contributed by atoms with van der Waals surface area (Å²) in [7, 11) is 1.65. The van der Waals surface area contributed by atoms with Gasteiger partial charge in [-0.25, -0.2) is 4.79 Å². The van der Waals surface area contributed by atoms with E-state index in [-0.39, 0.29) is 11.6 Å². The van der Waals surface area contributed by atoms with Crippen LogP contribution in [0.4, 0.5) is 0 Å². The lowest BCUT2D eigenvalue weighted by Crippen LogP contribution is -2.51. The Hall–Kier alpha value is -2.91. The van der Waals surface area contributed by atoms with Gasteiger partial charge >= 0.3 is 11.9 Å². The third-order valence-corrected chi connectivity index (χ3v) is 6.45. The maximum absolute atomic E-state index is 12.4. The Labute approximate surface area is 180 Å². The zero-order chi connectivity index (χ0) is 22.1. The molecule has 0 spiro atoms. The van der Waals surface area contributed by atoms with E-state index in [1.807, 2.05) is 15.9 Å². The number of likely N-dealkylation sites (tertiary alicyclic amines) is 1. The SMILES string of the molecule is Cn1c(C(=O)O)c(C(C(=O)O)N2CCN(CC(=O)N3CCCC3)CC2)c2ccccc21. The largest absolute Gasteiger partial charge is 0.480 e. The molecule has 9 nitrogen and oxygen atoms in total. The number of aromatic carboxylic acids is 1. The molecule has 1 atom stereocenters. The number of rotatable bonds is 6. The fraction of sp³-hybridized carbons (Fsp3) is 0.500. The highest BCUT2D eigenvalue weighted by atomic mass is 16.4. The number of fused-ring (bicyclic) bond motifs is 1. The molecule has 1 amide bonds. The van der Waals surface area contributed by atoms with Crippen molar-refractivity contribution in [2.75, 3.05) is 45.8 Å². The average Bonchev–Trinajstić information content (AvgIpc) is 3.37. The zero-order valence-corrected chi connectivity index (χ0v) is 17.7. The van der Waals surface area contributed by atoms with Crippen molar-refractivity contribution in [1.29, 1.82) is 0 Å². The van der Waals surface area contributed by atoms with Gasteiger partial charge in [-0.1, -0.05) is 18.2 Å². The number of carboxylic acids is 2. The maximum atomic E-state index is 12.4. The van der Waals surface area contributed by atoms with Gasteiger partial charge < -0.3 is 19.7 Å². The minimum Gasteiger partial charge on any atom is -0.480 e. The predicted molar refractivity (Wildman–Crippen MR) is 114 cm³/mol. The van der Waals surface area contributed by atoms with E-state index in [1.54, 1.807) is 29.8 Å². The van der Waals surface area contributed by atoms with Crippen LogP contribution < -0.4 is 0 Å². The third-order valence-electron chi connectivity index (χ3n) is 6.45. The molecule has 0 bridgehead atoms. The second-order valence-electron chi connectivity index (χ2n) is 8.28. The van der Waals surface area contributed by atoms with Crippen molar-refractivity contribution in [3.05, 3.63) is 35.5 Å². The summed E-state index contributed by atoms with van der Waals surface area (Å²) < 4.78 is 1.55. The quantitative estimate of drug-likeness (QED) is 0.713. The molecule has 3 heterocycles. The monoisotopic (exact) mass is 428 g/mol. The molecule has 2 aromatic rings. The summed E-state index contributed by atoms with van der Waals surface area (Å²) in [6.07, 6.45) is 2.10. The van der Waals surface area contributed by atoms with Crippen LogP contribution in [-0.2, 0) is 16.6 Å². The van der Waals surface area contributed by atoms with Crippen LogP contribution in [-0.4, -0.2) is 93.1 Å². The molecule has 0 aliphatic carbocycles. The van der Waals surface area contributed by atoms with Gasteiger partial charge in [0.2, 0.25) is 5.91 Å². The number of carbonyl (C=O) groups excluding carboxylic acids is 1. The summed E-state index contributed by atoms with van der Waals surface area (Å²) in [6, 6.07) is 6.11. The lowest BCUT2D eigenvalue weighted by Gasteiger charge is -2.38. The Bertz CT molecular complexity index is 1000. The smallest absolute Gasteiger partial charge is 0.352 e. The van der Waals surface area contributed by atoms with E-state index in [0.29, 0.717) is 49.2 Å². The lowest BCUT2D eigenvalue weighted by atomic mass is 10.00. The molecule has 31 heavy (non-hydrogen) atoms. The number of hydrogen-bond donors (Lipinski definition) is 2. The number of para-hydroxylation sites is 1. The molecular weight excluding hydrogens is 400 g/mol. The number of amides is 1. The van der Waals surface area contributed by atoms with Gasteiger partial charge in [-0.15, -0.1) is 0 Å². The van der Waals surface area contributed by atoms with Crippen LogP contribution in [0.25, 0.3) is 10.9 Å². The Morgan fingerprint density at radius 2 is 1.61 bits per heavy atom. The van der Waals surface area contributed by atoms with Crippen molar-refractivity contribution in [1.82, 2.24) is 19.3 Å². The summed E-state index contributed by atoms with van der Waals surface area (Å²) in [5.41, 5.74) is 1.01. The van der Waals surface area contributed by atoms with Crippen LogP contribution in [0.1, 0.15) is 34.9 Å². The lowest BCUT2D eigenvalue weighted by molar-refractivity contribution is -0.145. The van der Waals surface area contributed by atoms with Gasteiger partial charge in [-0.3, -0.25) is 19.4 Å². The van der Waals surface area contributed by atoms with E-state index in [0.717, 1.165) is 25.9 Å². The first-order valence-electron chi connectivity index (χ1n) is 10.7. The molecule has 9 heteroatoms. The van der Waals surface area contributed by atoms with E-state index in [9.17, 15) is 24.6 Å². The fourth-order valence-electron chi connectivity index (χ4n) is 4.86. The molecule has 1 unspecified atom stereocenters. The number of aliphatic carboxylic acids is 1. The molecule has 2 N–H and O–H groups in total. The highest BCUT2D eigenvalue weighted by Crippen LogP contribution is 2.34. The van der Waals surface area contributed by atoms with Gasteiger partial charge in [-0.2, -0.15) is 0 Å². The first-order chi connectivity index (χ1) is 14.9. The molecular formula is C22H28N4O5. The Morgan fingerprint density at radius 1 is 0.968 bits per heavy atom. The number of nitrogens with zero attached hydrogens (tertiary/aromatic N) is 4. The van der Waals surface area contributed by atoms with Crippen molar-refractivity contribution in [3.63, 3.8) is 0 Å². The fourth-order valence-corrected chi connectivity index (χ4v) is 4.86. The maximum Gasteiger partial charge on any atom is 0.352 e. The van der Waals surface area contributed by atoms with E-state index in [4.69, 9.17) is 0 Å². The van der Waals surface area contributed by atoms with Gasteiger partial charge in [0.1, 0.15) is 11.7 Å². The molecule has 0 radical (unpaired) electrons. The Morgan fingerprint density at radius 3 is 2.23 bits per heavy atom. The van der Waals surface area contributed by atoms with Crippen LogP contribution in [0.15, 0.2) is 24.3 Å². The number of piperazine rings is 1. The normalized spacial score (nSPS) is 19.1. The van der Waals surface area contributed by atoms with Gasteiger partial charge in [-0.05, 0) is 18.9 Å². The van der Waals surface area contributed by atoms with Crippen molar-refractivity contribution < 1.29 is 24.6 Å². The minimum atomic E-state index is -1.14. The molecule has 2 aliphatic heterocycles. The Balaban J connectivity index is 1.56. The van der Waals surface area contributed by atoms with Crippen LogP contribution in [0, 0.1) is 0 Å². The standard InChI is InChI=1S/C22H28N4O5/c1-23-16-7-3-2-6-15(16)18(19(23)21(28)29)20(22(30)31)26-12-10-24(11-13-26)14-17(27)25-8-4-5-9-25/h2-3,6-7,20H,4-5,8-14H2,1H3,(H,28,29)(H,30,31). The van der Waals surface area contributed by atoms with Crippen molar-refractivity contribution in [2.45, 2.75) is 18.9 Å².